The molecule has 0 spiro atoms. The van der Waals surface area contributed by atoms with Gasteiger partial charge in [0, 0.05) is 17.5 Å². The van der Waals surface area contributed by atoms with E-state index in [1.807, 2.05) is 0 Å². The third-order valence-corrected chi connectivity index (χ3v) is 6.43. The zero-order valence-electron chi connectivity index (χ0n) is 12.8. The van der Waals surface area contributed by atoms with Gasteiger partial charge in [-0.3, -0.25) is 0 Å². The number of nitrogens with two attached hydrogens (primary N) is 1. The number of benzene rings is 1. The number of fused-ring (bicyclic) bond motifs is 1. The van der Waals surface area contributed by atoms with Gasteiger partial charge in [0.2, 0.25) is 0 Å². The highest BCUT2D eigenvalue weighted by Gasteiger charge is 2.36. The smallest absolute Gasteiger partial charge is 0.133 e. The minimum Gasteiger partial charge on any atom is -0.506 e. The van der Waals surface area contributed by atoms with E-state index >= 15 is 0 Å². The number of phenolic OH excluding ortho intramolecular Hbond substituents is 1. The first kappa shape index (κ1) is 15.4. The van der Waals surface area contributed by atoms with E-state index in [1.165, 1.54) is 49.7 Å². The molecule has 21 heavy (non-hydrogen) atoms. The van der Waals surface area contributed by atoms with Crippen LogP contribution in [0.25, 0.3) is 0 Å². The van der Waals surface area contributed by atoms with Crippen LogP contribution in [0.1, 0.15) is 68.1 Å². The van der Waals surface area contributed by atoms with Crippen molar-refractivity contribution in [1.82, 2.24) is 0 Å². The molecule has 2 aliphatic rings. The molecule has 0 amide bonds. The van der Waals surface area contributed by atoms with Gasteiger partial charge in [0.25, 0.3) is 0 Å². The number of aromatic hydroxyl groups is 1. The van der Waals surface area contributed by atoms with Crippen molar-refractivity contribution < 1.29 is 5.11 Å². The minimum atomic E-state index is -0.00775. The van der Waals surface area contributed by atoms with E-state index in [0.717, 1.165) is 35.7 Å². The third-order valence-electron chi connectivity index (χ3n) is 5.58. The summed E-state index contributed by atoms with van der Waals surface area (Å²) in [5.74, 6) is 0.461. The summed E-state index contributed by atoms with van der Waals surface area (Å²) in [6, 6.07) is 2.29. The fourth-order valence-electron chi connectivity index (χ4n) is 4.24. The Kier molecular flexibility index (Phi) is 4.60. The summed E-state index contributed by atoms with van der Waals surface area (Å²) in [6.45, 7) is 0.645. The second kappa shape index (κ2) is 6.29. The lowest BCUT2D eigenvalue weighted by Crippen LogP contribution is -2.37. The molecule has 2 aliphatic carbocycles. The van der Waals surface area contributed by atoms with Crippen LogP contribution in [0.4, 0.5) is 0 Å². The average molecular weight is 352 g/mol. The standard InChI is InChI=1S/C18H26BrNO/c19-16-14-8-4-1-3-7-13(14)11-15(17(16)21)18(12-20)9-5-2-6-10-18/h11,21H,1-10,12,20H2. The largest absolute Gasteiger partial charge is 0.506 e. The van der Waals surface area contributed by atoms with Crippen molar-refractivity contribution in [2.45, 2.75) is 69.6 Å². The molecular formula is C18H26BrNO. The van der Waals surface area contributed by atoms with Crippen molar-refractivity contribution in [2.24, 2.45) is 5.73 Å². The number of hydrogen-bond acceptors (Lipinski definition) is 2. The Morgan fingerprint density at radius 2 is 1.71 bits per heavy atom. The zero-order valence-corrected chi connectivity index (χ0v) is 14.3. The number of halogens is 1. The van der Waals surface area contributed by atoms with E-state index in [4.69, 9.17) is 5.73 Å². The molecule has 0 atom stereocenters. The zero-order chi connectivity index (χ0) is 14.9. The predicted octanol–water partition coefficient (Wildman–Crippen LogP) is 4.58. The summed E-state index contributed by atoms with van der Waals surface area (Å²) in [5, 5.41) is 10.8. The second-order valence-electron chi connectivity index (χ2n) is 6.83. The van der Waals surface area contributed by atoms with Gasteiger partial charge in [-0.2, -0.15) is 0 Å². The van der Waals surface area contributed by atoms with Crippen molar-refractivity contribution in [1.29, 1.82) is 0 Å². The SMILES string of the molecule is NCC1(c2cc3c(c(Br)c2O)CCCCC3)CCCCC1. The van der Waals surface area contributed by atoms with Crippen molar-refractivity contribution in [3.8, 4) is 5.75 Å². The molecule has 116 valence electrons. The van der Waals surface area contributed by atoms with Crippen LogP contribution in [0.3, 0.4) is 0 Å². The van der Waals surface area contributed by atoms with Crippen LogP contribution in [-0.2, 0) is 18.3 Å². The summed E-state index contributed by atoms with van der Waals surface area (Å²) < 4.78 is 0.940. The molecular weight excluding hydrogens is 326 g/mol. The summed E-state index contributed by atoms with van der Waals surface area (Å²) >= 11 is 3.68. The van der Waals surface area contributed by atoms with Crippen LogP contribution in [0.2, 0.25) is 0 Å². The van der Waals surface area contributed by atoms with Crippen molar-refractivity contribution in [3.63, 3.8) is 0 Å². The lowest BCUT2D eigenvalue weighted by atomic mass is 9.68. The molecule has 0 unspecified atom stereocenters. The Bertz CT molecular complexity index is 520. The highest BCUT2D eigenvalue weighted by Crippen LogP contribution is 2.47. The molecule has 0 aliphatic heterocycles. The Balaban J connectivity index is 2.10. The quantitative estimate of drug-likeness (QED) is 0.765. The molecule has 0 heterocycles. The topological polar surface area (TPSA) is 46.2 Å². The summed E-state index contributed by atoms with van der Waals surface area (Å²) in [6.07, 6.45) is 12.0. The van der Waals surface area contributed by atoms with Crippen LogP contribution in [0.15, 0.2) is 10.5 Å². The van der Waals surface area contributed by atoms with Gasteiger partial charge in [-0.1, -0.05) is 31.7 Å². The molecule has 0 radical (unpaired) electrons. The second-order valence-corrected chi connectivity index (χ2v) is 7.62. The van der Waals surface area contributed by atoms with E-state index in [9.17, 15) is 5.11 Å². The maximum Gasteiger partial charge on any atom is 0.133 e. The molecule has 1 fully saturated rings. The van der Waals surface area contributed by atoms with Crippen molar-refractivity contribution in [3.05, 3.63) is 27.2 Å². The fourth-order valence-corrected chi connectivity index (χ4v) is 4.90. The van der Waals surface area contributed by atoms with E-state index < -0.39 is 0 Å². The minimum absolute atomic E-state index is 0.00775. The molecule has 0 aromatic heterocycles. The van der Waals surface area contributed by atoms with Gasteiger partial charge in [0.05, 0.1) is 4.47 Å². The highest BCUT2D eigenvalue weighted by atomic mass is 79.9. The van der Waals surface area contributed by atoms with Gasteiger partial charge in [0.15, 0.2) is 0 Å². The third kappa shape index (κ3) is 2.75. The summed E-state index contributed by atoms with van der Waals surface area (Å²) in [4.78, 5) is 0. The normalized spacial score (nSPS) is 21.6. The van der Waals surface area contributed by atoms with Crippen LogP contribution in [0.5, 0.6) is 5.75 Å². The number of rotatable bonds is 2. The van der Waals surface area contributed by atoms with E-state index in [1.54, 1.807) is 0 Å². The molecule has 2 nitrogen and oxygen atoms in total. The molecule has 1 saturated carbocycles. The van der Waals surface area contributed by atoms with E-state index in [0.29, 0.717) is 12.3 Å². The van der Waals surface area contributed by atoms with Crippen LogP contribution in [-0.4, -0.2) is 11.7 Å². The van der Waals surface area contributed by atoms with Crippen LogP contribution < -0.4 is 5.73 Å². The van der Waals surface area contributed by atoms with Gasteiger partial charge < -0.3 is 10.8 Å². The van der Waals surface area contributed by atoms with E-state index in [2.05, 4.69) is 22.0 Å². The van der Waals surface area contributed by atoms with Gasteiger partial charge in [-0.15, -0.1) is 0 Å². The van der Waals surface area contributed by atoms with Gasteiger partial charge in [0.1, 0.15) is 5.75 Å². The maximum absolute atomic E-state index is 10.8. The van der Waals surface area contributed by atoms with Gasteiger partial charge >= 0.3 is 0 Å². The monoisotopic (exact) mass is 351 g/mol. The molecule has 1 aromatic rings. The molecule has 3 heteroatoms. The number of hydrogen-bond donors (Lipinski definition) is 2. The summed E-state index contributed by atoms with van der Waals surface area (Å²) in [5.41, 5.74) is 10.0. The first-order valence-corrected chi connectivity index (χ1v) is 9.21. The lowest BCUT2D eigenvalue weighted by molar-refractivity contribution is 0.290. The van der Waals surface area contributed by atoms with Gasteiger partial charge in [-0.05, 0) is 65.6 Å². The maximum atomic E-state index is 10.8. The van der Waals surface area contributed by atoms with Crippen molar-refractivity contribution in [2.75, 3.05) is 6.54 Å². The first-order valence-electron chi connectivity index (χ1n) is 8.42. The van der Waals surface area contributed by atoms with Gasteiger partial charge in [-0.25, -0.2) is 0 Å². The van der Waals surface area contributed by atoms with Crippen molar-refractivity contribution >= 4 is 15.9 Å². The molecule has 0 bridgehead atoms. The first-order chi connectivity index (χ1) is 10.2. The lowest BCUT2D eigenvalue weighted by Gasteiger charge is -2.38. The average Bonchev–Trinajstić information content (AvgIpc) is 2.77. The Morgan fingerprint density at radius 3 is 2.43 bits per heavy atom. The molecule has 3 rings (SSSR count). The molecule has 0 saturated heterocycles. The van der Waals surface area contributed by atoms with Crippen LogP contribution in [0, 0.1) is 0 Å². The summed E-state index contributed by atoms with van der Waals surface area (Å²) in [7, 11) is 0. The predicted molar refractivity (Wildman–Crippen MR) is 90.9 cm³/mol. The number of aryl methyl sites for hydroxylation is 1. The molecule has 3 N–H and O–H groups in total. The Hall–Kier alpha value is -0.540. The Labute approximate surface area is 136 Å². The fraction of sp³-hybridized carbons (Fsp3) is 0.667. The van der Waals surface area contributed by atoms with E-state index in [-0.39, 0.29) is 5.41 Å². The highest BCUT2D eigenvalue weighted by molar-refractivity contribution is 9.10. The molecule has 1 aromatic carbocycles. The number of phenols is 1. The van der Waals surface area contributed by atoms with Crippen LogP contribution >= 0.6 is 15.9 Å². The Morgan fingerprint density at radius 1 is 1.05 bits per heavy atom.